The fourth-order valence-electron chi connectivity index (χ4n) is 1.04. The number of aryl methyl sites for hydroxylation is 1. The van der Waals surface area contributed by atoms with Crippen molar-refractivity contribution in [2.75, 3.05) is 0 Å². The van der Waals surface area contributed by atoms with Gasteiger partial charge in [-0.3, -0.25) is 4.79 Å². The highest BCUT2D eigenvalue weighted by Crippen LogP contribution is 2.18. The van der Waals surface area contributed by atoms with E-state index < -0.39 is 17.6 Å². The molecule has 0 amide bonds. The van der Waals surface area contributed by atoms with Gasteiger partial charge in [0.2, 0.25) is 5.43 Å². The number of nitrogens with zero attached hydrogens (tertiary/aromatic N) is 1. The van der Waals surface area contributed by atoms with Gasteiger partial charge < -0.3 is 9.67 Å². The molecule has 0 aromatic carbocycles. The van der Waals surface area contributed by atoms with Crippen molar-refractivity contribution in [2.45, 2.75) is 19.9 Å². The molecule has 0 bridgehead atoms. The van der Waals surface area contributed by atoms with Gasteiger partial charge in [0.1, 0.15) is 0 Å². The number of hydrogen-bond acceptors (Lipinski definition) is 2. The van der Waals surface area contributed by atoms with Gasteiger partial charge in [-0.05, 0) is 6.92 Å². The quantitative estimate of drug-likeness (QED) is 0.766. The first-order chi connectivity index (χ1) is 6.06. The average Bonchev–Trinajstić information content (AvgIpc) is 2.08. The van der Waals surface area contributed by atoms with E-state index in [2.05, 4.69) is 0 Å². The Hall–Kier alpha value is -1.39. The maximum atomic E-state index is 12.3. The van der Waals surface area contributed by atoms with Gasteiger partial charge in [0.25, 0.3) is 6.43 Å². The van der Waals surface area contributed by atoms with E-state index in [0.29, 0.717) is 0 Å². The molecule has 72 valence electrons. The van der Waals surface area contributed by atoms with Crippen LogP contribution < -0.4 is 5.43 Å². The summed E-state index contributed by atoms with van der Waals surface area (Å²) in [5.74, 6) is -0.508. The third kappa shape index (κ3) is 1.85. The molecule has 3 nitrogen and oxygen atoms in total. The highest BCUT2D eigenvalue weighted by Gasteiger charge is 2.13. The third-order valence-electron chi connectivity index (χ3n) is 1.71. The Balaban J connectivity index is 3.33. The van der Waals surface area contributed by atoms with Crippen molar-refractivity contribution in [3.8, 4) is 5.75 Å². The second-order valence-corrected chi connectivity index (χ2v) is 2.53. The topological polar surface area (TPSA) is 42.2 Å². The van der Waals surface area contributed by atoms with Crippen molar-refractivity contribution < 1.29 is 13.9 Å². The zero-order valence-electron chi connectivity index (χ0n) is 7.00. The molecule has 0 aliphatic heterocycles. The second kappa shape index (κ2) is 3.55. The van der Waals surface area contributed by atoms with Gasteiger partial charge in [-0.25, -0.2) is 8.78 Å². The van der Waals surface area contributed by atoms with E-state index in [1.165, 1.54) is 0 Å². The molecule has 1 aromatic rings. The van der Waals surface area contributed by atoms with Crippen LogP contribution in [0, 0.1) is 0 Å². The van der Waals surface area contributed by atoms with Gasteiger partial charge in [0.15, 0.2) is 5.75 Å². The molecule has 0 atom stereocenters. The lowest BCUT2D eigenvalue weighted by atomic mass is 10.3. The highest BCUT2D eigenvalue weighted by molar-refractivity contribution is 5.20. The average molecular weight is 189 g/mol. The summed E-state index contributed by atoms with van der Waals surface area (Å²) in [5, 5.41) is 8.96. The number of aromatic nitrogens is 1. The maximum absolute atomic E-state index is 12.3. The molecule has 0 saturated heterocycles. The number of alkyl halides is 2. The SMILES string of the molecule is CCn1cc(O)c(=O)cc1C(F)F. The first-order valence-corrected chi connectivity index (χ1v) is 3.77. The molecule has 0 aliphatic carbocycles. The molecule has 1 aromatic heterocycles. The molecule has 0 unspecified atom stereocenters. The lowest BCUT2D eigenvalue weighted by molar-refractivity contribution is 0.140. The monoisotopic (exact) mass is 189 g/mol. The van der Waals surface area contributed by atoms with Crippen molar-refractivity contribution >= 4 is 0 Å². The minimum atomic E-state index is -2.70. The van der Waals surface area contributed by atoms with E-state index >= 15 is 0 Å². The summed E-state index contributed by atoms with van der Waals surface area (Å²) >= 11 is 0. The predicted molar refractivity (Wildman–Crippen MR) is 43.0 cm³/mol. The van der Waals surface area contributed by atoms with Crippen molar-refractivity contribution in [3.63, 3.8) is 0 Å². The zero-order chi connectivity index (χ0) is 10.0. The van der Waals surface area contributed by atoms with Gasteiger partial charge >= 0.3 is 0 Å². The summed E-state index contributed by atoms with van der Waals surface area (Å²) in [7, 11) is 0. The van der Waals surface area contributed by atoms with Gasteiger partial charge in [-0.1, -0.05) is 0 Å². The Bertz CT molecular complexity index is 360. The molecule has 5 heteroatoms. The molecule has 0 radical (unpaired) electrons. The first kappa shape index (κ1) is 9.70. The predicted octanol–water partition coefficient (Wildman–Crippen LogP) is 1.51. The van der Waals surface area contributed by atoms with Crippen LogP contribution in [-0.4, -0.2) is 9.67 Å². The molecule has 1 rings (SSSR count). The van der Waals surface area contributed by atoms with Crippen molar-refractivity contribution in [2.24, 2.45) is 0 Å². The smallest absolute Gasteiger partial charge is 0.278 e. The normalized spacial score (nSPS) is 10.8. The summed E-state index contributed by atoms with van der Waals surface area (Å²) in [6.07, 6.45) is -1.68. The minimum absolute atomic E-state index is 0.285. The van der Waals surface area contributed by atoms with Crippen molar-refractivity contribution in [1.82, 2.24) is 4.57 Å². The Morgan fingerprint density at radius 2 is 2.23 bits per heavy atom. The largest absolute Gasteiger partial charge is 0.503 e. The van der Waals surface area contributed by atoms with Crippen LogP contribution in [0.2, 0.25) is 0 Å². The number of rotatable bonds is 2. The van der Waals surface area contributed by atoms with Gasteiger partial charge in [0, 0.05) is 12.6 Å². The molecule has 0 fully saturated rings. The highest BCUT2D eigenvalue weighted by atomic mass is 19.3. The van der Waals surface area contributed by atoms with Crippen LogP contribution in [0.15, 0.2) is 17.1 Å². The Morgan fingerprint density at radius 1 is 1.62 bits per heavy atom. The van der Waals surface area contributed by atoms with Gasteiger partial charge in [-0.2, -0.15) is 0 Å². The summed E-state index contributed by atoms with van der Waals surface area (Å²) in [4.78, 5) is 10.8. The van der Waals surface area contributed by atoms with E-state index in [1.54, 1.807) is 6.92 Å². The molecular formula is C8H9F2NO2. The third-order valence-corrected chi connectivity index (χ3v) is 1.71. The lowest BCUT2D eigenvalue weighted by Gasteiger charge is -2.10. The minimum Gasteiger partial charge on any atom is -0.503 e. The van der Waals surface area contributed by atoms with Crippen LogP contribution in [0.5, 0.6) is 5.75 Å². The molecule has 1 heterocycles. The van der Waals surface area contributed by atoms with Crippen LogP contribution >= 0.6 is 0 Å². The Labute approximate surface area is 73.2 Å². The molecule has 0 spiro atoms. The number of halogens is 2. The van der Waals surface area contributed by atoms with Gasteiger partial charge in [-0.15, -0.1) is 0 Å². The van der Waals surface area contributed by atoms with Crippen molar-refractivity contribution in [1.29, 1.82) is 0 Å². The van der Waals surface area contributed by atoms with E-state index in [-0.39, 0.29) is 12.2 Å². The number of pyridine rings is 1. The lowest BCUT2D eigenvalue weighted by Crippen LogP contribution is -2.11. The van der Waals surface area contributed by atoms with Crippen LogP contribution in [0.25, 0.3) is 0 Å². The number of hydrogen-bond donors (Lipinski definition) is 1. The summed E-state index contributed by atoms with van der Waals surface area (Å²) in [6.45, 7) is 1.93. The summed E-state index contributed by atoms with van der Waals surface area (Å²) in [6, 6.07) is 0.753. The van der Waals surface area contributed by atoms with E-state index in [0.717, 1.165) is 16.8 Å². The second-order valence-electron chi connectivity index (χ2n) is 2.53. The molecule has 1 N–H and O–H groups in total. The summed E-state index contributed by atoms with van der Waals surface area (Å²) in [5.41, 5.74) is -1.15. The fraction of sp³-hybridized carbons (Fsp3) is 0.375. The van der Waals surface area contributed by atoms with Crippen LogP contribution in [0.1, 0.15) is 19.0 Å². The molecule has 13 heavy (non-hydrogen) atoms. The van der Waals surface area contributed by atoms with E-state index in [9.17, 15) is 13.6 Å². The maximum Gasteiger partial charge on any atom is 0.278 e. The molecule has 0 aliphatic rings. The molecular weight excluding hydrogens is 180 g/mol. The van der Waals surface area contributed by atoms with Crippen LogP contribution in [-0.2, 0) is 6.54 Å². The van der Waals surface area contributed by atoms with Gasteiger partial charge in [0.05, 0.1) is 11.9 Å². The zero-order valence-corrected chi connectivity index (χ0v) is 7.00. The first-order valence-electron chi connectivity index (χ1n) is 3.77. The Morgan fingerprint density at radius 3 is 2.69 bits per heavy atom. The van der Waals surface area contributed by atoms with Crippen molar-refractivity contribution in [3.05, 3.63) is 28.2 Å². The van der Waals surface area contributed by atoms with Crippen LogP contribution in [0.3, 0.4) is 0 Å². The van der Waals surface area contributed by atoms with Crippen LogP contribution in [0.4, 0.5) is 8.78 Å². The number of aromatic hydroxyl groups is 1. The summed E-state index contributed by atoms with van der Waals surface area (Å²) < 4.78 is 25.7. The Kier molecular flexibility index (Phi) is 2.65. The van der Waals surface area contributed by atoms with E-state index in [4.69, 9.17) is 5.11 Å². The molecule has 0 saturated carbocycles. The standard InChI is InChI=1S/C8H9F2NO2/c1-2-11-4-7(13)6(12)3-5(11)8(9)10/h3-4,8,13H,2H2,1H3. The fourth-order valence-corrected chi connectivity index (χ4v) is 1.04. The van der Waals surface area contributed by atoms with E-state index in [1.807, 2.05) is 0 Å².